The number of hydrogen-bond donors (Lipinski definition) is 1. The van der Waals surface area contributed by atoms with Crippen molar-refractivity contribution >= 4 is 22.4 Å². The van der Waals surface area contributed by atoms with Crippen molar-refractivity contribution in [3.63, 3.8) is 0 Å². The summed E-state index contributed by atoms with van der Waals surface area (Å²) in [5, 5.41) is 24.3. The fourth-order valence-corrected chi connectivity index (χ4v) is 3.95. The van der Waals surface area contributed by atoms with E-state index in [1.165, 1.54) is 11.3 Å². The standard InChI is InChI=1S/C19H20N6O3S/c1-12-4-3-5-14(10-12)25-16(27)11-15(26)17(22-25)18(28)23-6-8-24(9-7-23)19-21-20-13(2)29-19/h3-5,10-11,26H,6-9H2,1-2H3. The van der Waals surface area contributed by atoms with Crippen molar-refractivity contribution in [1.82, 2.24) is 24.9 Å². The second-order valence-corrected chi connectivity index (χ2v) is 8.01. The molecular formula is C19H20N6O3S. The van der Waals surface area contributed by atoms with Gasteiger partial charge in [-0.2, -0.15) is 9.78 Å². The number of aryl methyl sites for hydroxylation is 2. The van der Waals surface area contributed by atoms with Crippen LogP contribution in [0.4, 0.5) is 5.13 Å². The highest BCUT2D eigenvalue weighted by Gasteiger charge is 2.27. The SMILES string of the molecule is Cc1cccc(-n2nc(C(=O)N3CCN(c4nnc(C)s4)CC3)c(O)cc2=O)c1. The van der Waals surface area contributed by atoms with Crippen molar-refractivity contribution in [3.05, 3.63) is 57.0 Å². The van der Waals surface area contributed by atoms with Crippen molar-refractivity contribution < 1.29 is 9.90 Å². The van der Waals surface area contributed by atoms with Gasteiger partial charge in [-0.25, -0.2) is 0 Å². The van der Waals surface area contributed by atoms with Gasteiger partial charge in [-0.05, 0) is 31.5 Å². The van der Waals surface area contributed by atoms with Crippen LogP contribution in [0.15, 0.2) is 35.1 Å². The van der Waals surface area contributed by atoms with Gasteiger partial charge in [-0.15, -0.1) is 10.2 Å². The van der Waals surface area contributed by atoms with Crippen molar-refractivity contribution in [1.29, 1.82) is 0 Å². The molecule has 3 aromatic rings. The summed E-state index contributed by atoms with van der Waals surface area (Å²) < 4.78 is 1.14. The average molecular weight is 412 g/mol. The summed E-state index contributed by atoms with van der Waals surface area (Å²) in [6, 6.07) is 8.27. The molecule has 0 atom stereocenters. The van der Waals surface area contributed by atoms with Crippen LogP contribution in [0, 0.1) is 13.8 Å². The first-order chi connectivity index (χ1) is 13.9. The average Bonchev–Trinajstić information content (AvgIpc) is 3.14. The second-order valence-electron chi connectivity index (χ2n) is 6.85. The summed E-state index contributed by atoms with van der Waals surface area (Å²) in [5.41, 5.74) is 0.869. The molecule has 1 N–H and O–H groups in total. The smallest absolute Gasteiger partial charge is 0.278 e. The molecule has 0 bridgehead atoms. The number of anilines is 1. The zero-order valence-electron chi connectivity index (χ0n) is 16.1. The summed E-state index contributed by atoms with van der Waals surface area (Å²) in [4.78, 5) is 29.0. The molecular weight excluding hydrogens is 392 g/mol. The third-order valence-electron chi connectivity index (χ3n) is 4.71. The lowest BCUT2D eigenvalue weighted by atomic mass is 10.2. The number of aromatic nitrogens is 4. The Hall–Kier alpha value is -3.27. The molecule has 1 amide bonds. The van der Waals surface area contributed by atoms with E-state index in [0.29, 0.717) is 31.9 Å². The highest BCUT2D eigenvalue weighted by molar-refractivity contribution is 7.15. The number of carbonyl (C=O) groups excluding carboxylic acids is 1. The van der Waals surface area contributed by atoms with E-state index in [2.05, 4.69) is 20.2 Å². The van der Waals surface area contributed by atoms with E-state index in [1.54, 1.807) is 17.0 Å². The van der Waals surface area contributed by atoms with Gasteiger partial charge < -0.3 is 14.9 Å². The molecule has 2 aromatic heterocycles. The largest absolute Gasteiger partial charge is 0.505 e. The van der Waals surface area contributed by atoms with Gasteiger partial charge in [0.05, 0.1) is 5.69 Å². The lowest BCUT2D eigenvalue weighted by molar-refractivity contribution is 0.0735. The summed E-state index contributed by atoms with van der Waals surface area (Å²) in [5.74, 6) is -0.817. The Balaban J connectivity index is 1.56. The lowest BCUT2D eigenvalue weighted by Gasteiger charge is -2.34. The molecule has 4 rings (SSSR count). The number of nitrogens with zero attached hydrogens (tertiary/aromatic N) is 6. The third-order valence-corrected chi connectivity index (χ3v) is 5.61. The van der Waals surface area contributed by atoms with Crippen LogP contribution >= 0.6 is 11.3 Å². The highest BCUT2D eigenvalue weighted by Crippen LogP contribution is 2.22. The predicted octanol–water partition coefficient (Wildman–Crippen LogP) is 1.37. The quantitative estimate of drug-likeness (QED) is 0.693. The van der Waals surface area contributed by atoms with Crippen molar-refractivity contribution in [3.8, 4) is 11.4 Å². The Morgan fingerprint density at radius 1 is 1.10 bits per heavy atom. The van der Waals surface area contributed by atoms with Gasteiger partial charge in [-0.3, -0.25) is 9.59 Å². The molecule has 1 aromatic carbocycles. The van der Waals surface area contributed by atoms with Crippen LogP contribution in [-0.2, 0) is 0 Å². The molecule has 3 heterocycles. The van der Waals surface area contributed by atoms with Crippen LogP contribution in [0.3, 0.4) is 0 Å². The van der Waals surface area contributed by atoms with Crippen LogP contribution in [0.25, 0.3) is 5.69 Å². The van der Waals surface area contributed by atoms with E-state index in [1.807, 2.05) is 26.0 Å². The fourth-order valence-electron chi connectivity index (χ4n) is 3.21. The number of carbonyl (C=O) groups is 1. The minimum Gasteiger partial charge on any atom is -0.505 e. The van der Waals surface area contributed by atoms with Crippen molar-refractivity contribution in [2.24, 2.45) is 0 Å². The number of amides is 1. The van der Waals surface area contributed by atoms with Gasteiger partial charge in [0.1, 0.15) is 5.01 Å². The van der Waals surface area contributed by atoms with E-state index in [0.717, 1.165) is 26.5 Å². The van der Waals surface area contributed by atoms with E-state index < -0.39 is 17.2 Å². The minimum atomic E-state index is -0.499. The molecule has 0 spiro atoms. The van der Waals surface area contributed by atoms with Gasteiger partial charge in [0, 0.05) is 32.2 Å². The Morgan fingerprint density at radius 2 is 1.86 bits per heavy atom. The Labute approximate surface area is 170 Å². The molecule has 29 heavy (non-hydrogen) atoms. The number of aromatic hydroxyl groups is 1. The van der Waals surface area contributed by atoms with Gasteiger partial charge in [0.15, 0.2) is 11.4 Å². The maximum Gasteiger partial charge on any atom is 0.278 e. The van der Waals surface area contributed by atoms with E-state index >= 15 is 0 Å². The number of hydrogen-bond acceptors (Lipinski definition) is 8. The van der Waals surface area contributed by atoms with Crippen molar-refractivity contribution in [2.45, 2.75) is 13.8 Å². The highest BCUT2D eigenvalue weighted by atomic mass is 32.1. The molecule has 0 unspecified atom stereocenters. The van der Waals surface area contributed by atoms with E-state index in [-0.39, 0.29) is 5.69 Å². The number of rotatable bonds is 3. The van der Waals surface area contributed by atoms with Crippen LogP contribution in [0.1, 0.15) is 21.1 Å². The fraction of sp³-hybridized carbons (Fsp3) is 0.316. The molecule has 1 aliphatic rings. The van der Waals surface area contributed by atoms with E-state index in [4.69, 9.17) is 0 Å². The predicted molar refractivity (Wildman–Crippen MR) is 109 cm³/mol. The molecule has 1 aliphatic heterocycles. The molecule has 1 saturated heterocycles. The Morgan fingerprint density at radius 3 is 2.52 bits per heavy atom. The summed E-state index contributed by atoms with van der Waals surface area (Å²) in [6.07, 6.45) is 0. The molecule has 10 heteroatoms. The van der Waals surface area contributed by atoms with Crippen LogP contribution in [0.2, 0.25) is 0 Å². The summed E-state index contributed by atoms with van der Waals surface area (Å²) in [6.45, 7) is 5.94. The molecule has 9 nitrogen and oxygen atoms in total. The normalized spacial score (nSPS) is 14.3. The number of piperazine rings is 1. The van der Waals surface area contributed by atoms with Crippen LogP contribution < -0.4 is 10.5 Å². The molecule has 0 radical (unpaired) electrons. The van der Waals surface area contributed by atoms with Crippen molar-refractivity contribution in [2.75, 3.05) is 31.1 Å². The molecule has 150 valence electrons. The Kier molecular flexibility index (Phi) is 5.01. The minimum absolute atomic E-state index is 0.133. The summed E-state index contributed by atoms with van der Waals surface area (Å²) >= 11 is 1.51. The first-order valence-corrected chi connectivity index (χ1v) is 9.99. The lowest BCUT2D eigenvalue weighted by Crippen LogP contribution is -2.49. The second kappa shape index (κ2) is 7.63. The topological polar surface area (TPSA) is 104 Å². The first kappa shape index (κ1) is 19.1. The van der Waals surface area contributed by atoms with E-state index in [9.17, 15) is 14.7 Å². The van der Waals surface area contributed by atoms with Crippen LogP contribution in [0.5, 0.6) is 5.75 Å². The number of benzene rings is 1. The zero-order valence-corrected chi connectivity index (χ0v) is 16.9. The van der Waals surface area contributed by atoms with Gasteiger partial charge in [0.2, 0.25) is 5.13 Å². The monoisotopic (exact) mass is 412 g/mol. The maximum atomic E-state index is 13.0. The molecule has 0 aliphatic carbocycles. The summed E-state index contributed by atoms with van der Waals surface area (Å²) in [7, 11) is 0. The third kappa shape index (κ3) is 3.83. The van der Waals surface area contributed by atoms with Gasteiger partial charge in [0.25, 0.3) is 11.5 Å². The van der Waals surface area contributed by atoms with Gasteiger partial charge in [-0.1, -0.05) is 23.5 Å². The first-order valence-electron chi connectivity index (χ1n) is 9.17. The van der Waals surface area contributed by atoms with Gasteiger partial charge >= 0.3 is 0 Å². The molecule has 1 fully saturated rings. The van der Waals surface area contributed by atoms with Crippen LogP contribution in [-0.4, -0.2) is 62.1 Å². The molecule has 0 saturated carbocycles. The zero-order chi connectivity index (χ0) is 20.5. The Bertz CT molecular complexity index is 1120. The maximum absolute atomic E-state index is 13.0.